The Morgan fingerprint density at radius 2 is 1.89 bits per heavy atom. The van der Waals surface area contributed by atoms with Gasteiger partial charge in [0.1, 0.15) is 0 Å². The number of anilines is 1. The molecule has 0 amide bonds. The molecule has 1 N–H and O–H groups in total. The summed E-state index contributed by atoms with van der Waals surface area (Å²) in [6.45, 7) is 16.5. The first-order valence-corrected chi connectivity index (χ1v) is 11.3. The molecule has 0 spiro atoms. The third-order valence-corrected chi connectivity index (χ3v) is 6.38. The zero-order chi connectivity index (χ0) is 19.1. The van der Waals surface area contributed by atoms with Crippen LogP contribution in [0.15, 0.2) is 22.5 Å². The molecule has 2 aliphatic rings. The molecule has 2 saturated heterocycles. The fraction of sp³-hybridized carbons (Fsp3) is 0.750. The number of hydrogen-bond acceptors (Lipinski definition) is 5. The Balaban J connectivity index is 1.47. The molecule has 0 aromatic carbocycles. The minimum Gasteiger partial charge on any atom is -0.360 e. The van der Waals surface area contributed by atoms with Crippen molar-refractivity contribution >= 4 is 22.3 Å². The number of aliphatic imine (C=N–C) groups is 1. The van der Waals surface area contributed by atoms with Crippen molar-refractivity contribution in [3.05, 3.63) is 17.5 Å². The van der Waals surface area contributed by atoms with E-state index in [0.29, 0.717) is 5.92 Å². The Bertz CT molecular complexity index is 559. The van der Waals surface area contributed by atoms with Crippen molar-refractivity contribution in [3.63, 3.8) is 0 Å². The van der Waals surface area contributed by atoms with Gasteiger partial charge in [-0.3, -0.25) is 4.99 Å². The number of hydrogen-bond donors (Lipinski definition) is 1. The quantitative estimate of drug-likeness (QED) is 0.589. The topological polar surface area (TPSA) is 37.4 Å². The van der Waals surface area contributed by atoms with Crippen molar-refractivity contribution in [2.75, 3.05) is 83.9 Å². The second-order valence-electron chi connectivity index (χ2n) is 7.83. The summed E-state index contributed by atoms with van der Waals surface area (Å²) in [6, 6.07) is 4.36. The van der Waals surface area contributed by atoms with E-state index in [2.05, 4.69) is 63.3 Å². The summed E-state index contributed by atoms with van der Waals surface area (Å²) in [4.78, 5) is 14.9. The van der Waals surface area contributed by atoms with Crippen molar-refractivity contribution in [1.29, 1.82) is 0 Å². The third kappa shape index (κ3) is 6.09. The van der Waals surface area contributed by atoms with Gasteiger partial charge >= 0.3 is 0 Å². The van der Waals surface area contributed by atoms with Crippen LogP contribution in [0, 0.1) is 5.92 Å². The van der Waals surface area contributed by atoms with Crippen LogP contribution in [0.5, 0.6) is 0 Å². The summed E-state index contributed by atoms with van der Waals surface area (Å²) in [5.41, 5.74) is 0. The summed E-state index contributed by atoms with van der Waals surface area (Å²) in [5, 5.41) is 7.05. The Kier molecular flexibility index (Phi) is 7.79. The van der Waals surface area contributed by atoms with Gasteiger partial charge in [-0.25, -0.2) is 0 Å². The molecule has 0 bridgehead atoms. The monoisotopic (exact) mass is 392 g/mol. The highest BCUT2D eigenvalue weighted by Gasteiger charge is 2.21. The molecule has 3 heterocycles. The summed E-state index contributed by atoms with van der Waals surface area (Å²) in [5.74, 6) is 1.68. The lowest BCUT2D eigenvalue weighted by Gasteiger charge is -2.37. The molecule has 1 atom stereocenters. The molecule has 1 unspecified atom stereocenters. The van der Waals surface area contributed by atoms with E-state index < -0.39 is 0 Å². The average Bonchev–Trinajstić information content (AvgIpc) is 3.22. The number of nitrogens with one attached hydrogen (secondary N) is 1. The van der Waals surface area contributed by atoms with Crippen molar-refractivity contribution in [2.45, 2.75) is 13.8 Å². The van der Waals surface area contributed by atoms with E-state index in [9.17, 15) is 0 Å². The molecule has 152 valence electrons. The van der Waals surface area contributed by atoms with E-state index in [1.54, 1.807) is 0 Å². The van der Waals surface area contributed by atoms with Crippen LogP contribution in [0.2, 0.25) is 0 Å². The standard InChI is InChI=1S/C20H36N6S/c1-4-21-20(22-16-18(2)17-24-9-7-23(3)8-10-24)26-13-11-25(12-14-26)19-6-5-15-27-19/h5-6,15,18H,4,7-14,16-17H2,1-3H3,(H,21,22). The maximum absolute atomic E-state index is 4.98. The highest BCUT2D eigenvalue weighted by Crippen LogP contribution is 2.22. The zero-order valence-corrected chi connectivity index (χ0v) is 18.0. The molecular formula is C20H36N6S. The smallest absolute Gasteiger partial charge is 0.194 e. The van der Waals surface area contributed by atoms with Crippen LogP contribution >= 0.6 is 11.3 Å². The summed E-state index contributed by atoms with van der Waals surface area (Å²) < 4.78 is 0. The van der Waals surface area contributed by atoms with Crippen molar-refractivity contribution in [1.82, 2.24) is 20.0 Å². The van der Waals surface area contributed by atoms with Gasteiger partial charge in [0.05, 0.1) is 5.00 Å². The van der Waals surface area contributed by atoms with Crippen LogP contribution in [0.4, 0.5) is 5.00 Å². The number of piperazine rings is 2. The molecule has 1 aromatic heterocycles. The van der Waals surface area contributed by atoms with E-state index in [-0.39, 0.29) is 0 Å². The number of rotatable bonds is 6. The maximum atomic E-state index is 4.98. The first kappa shape index (κ1) is 20.4. The van der Waals surface area contributed by atoms with Gasteiger partial charge in [-0.1, -0.05) is 6.92 Å². The highest BCUT2D eigenvalue weighted by atomic mass is 32.1. The molecule has 2 fully saturated rings. The van der Waals surface area contributed by atoms with Crippen LogP contribution in [0.25, 0.3) is 0 Å². The first-order valence-electron chi connectivity index (χ1n) is 10.4. The molecule has 1 aromatic rings. The van der Waals surface area contributed by atoms with Gasteiger partial charge in [0.2, 0.25) is 0 Å². The van der Waals surface area contributed by atoms with Crippen LogP contribution in [0.3, 0.4) is 0 Å². The van der Waals surface area contributed by atoms with Crippen LogP contribution in [0.1, 0.15) is 13.8 Å². The van der Waals surface area contributed by atoms with E-state index in [1.807, 2.05) is 11.3 Å². The molecule has 6 nitrogen and oxygen atoms in total. The average molecular weight is 393 g/mol. The van der Waals surface area contributed by atoms with E-state index >= 15 is 0 Å². The second kappa shape index (κ2) is 10.3. The number of guanidine groups is 1. The van der Waals surface area contributed by atoms with Crippen molar-refractivity contribution < 1.29 is 0 Å². The molecule has 27 heavy (non-hydrogen) atoms. The highest BCUT2D eigenvalue weighted by molar-refractivity contribution is 7.14. The summed E-state index contributed by atoms with van der Waals surface area (Å²) in [6.07, 6.45) is 0. The van der Waals surface area contributed by atoms with Crippen LogP contribution < -0.4 is 10.2 Å². The SMILES string of the molecule is CCNC(=NCC(C)CN1CCN(C)CC1)N1CCN(c2cccs2)CC1. The predicted molar refractivity (Wildman–Crippen MR) is 117 cm³/mol. The van der Waals surface area contributed by atoms with Gasteiger partial charge in [-0.15, -0.1) is 11.3 Å². The number of thiophene rings is 1. The van der Waals surface area contributed by atoms with E-state index in [4.69, 9.17) is 4.99 Å². The van der Waals surface area contributed by atoms with Gasteiger partial charge in [0.15, 0.2) is 5.96 Å². The minimum atomic E-state index is 0.592. The van der Waals surface area contributed by atoms with Crippen molar-refractivity contribution in [3.8, 4) is 0 Å². The molecule has 0 radical (unpaired) electrons. The predicted octanol–water partition coefficient (Wildman–Crippen LogP) is 1.72. The Labute approximate surface area is 168 Å². The molecule has 0 aliphatic carbocycles. The fourth-order valence-corrected chi connectivity index (χ4v) is 4.57. The number of likely N-dealkylation sites (N-methyl/N-ethyl adjacent to an activating group) is 1. The minimum absolute atomic E-state index is 0.592. The molecule has 7 heteroatoms. The second-order valence-corrected chi connectivity index (χ2v) is 8.76. The Morgan fingerprint density at radius 1 is 1.15 bits per heavy atom. The van der Waals surface area contributed by atoms with Gasteiger partial charge in [-0.05, 0) is 37.4 Å². The molecule has 2 aliphatic heterocycles. The first-order chi connectivity index (χ1) is 13.2. The lowest BCUT2D eigenvalue weighted by molar-refractivity contribution is 0.140. The fourth-order valence-electron chi connectivity index (χ4n) is 3.79. The van der Waals surface area contributed by atoms with Crippen LogP contribution in [-0.4, -0.2) is 99.7 Å². The van der Waals surface area contributed by atoms with Gasteiger partial charge in [-0.2, -0.15) is 0 Å². The molecule has 0 saturated carbocycles. The zero-order valence-electron chi connectivity index (χ0n) is 17.2. The summed E-state index contributed by atoms with van der Waals surface area (Å²) in [7, 11) is 2.21. The van der Waals surface area contributed by atoms with Gasteiger partial charge in [0, 0.05) is 72.0 Å². The van der Waals surface area contributed by atoms with Crippen LogP contribution in [-0.2, 0) is 0 Å². The third-order valence-electron chi connectivity index (χ3n) is 5.45. The van der Waals surface area contributed by atoms with Crippen molar-refractivity contribution in [2.24, 2.45) is 10.9 Å². The van der Waals surface area contributed by atoms with E-state index in [1.165, 1.54) is 31.2 Å². The maximum Gasteiger partial charge on any atom is 0.194 e. The number of nitrogens with zero attached hydrogens (tertiary/aromatic N) is 5. The normalized spacial score (nSPS) is 21.5. The summed E-state index contributed by atoms with van der Waals surface area (Å²) >= 11 is 1.83. The largest absolute Gasteiger partial charge is 0.360 e. The lowest BCUT2D eigenvalue weighted by atomic mass is 10.1. The molecule has 3 rings (SSSR count). The molecular weight excluding hydrogens is 356 g/mol. The lowest BCUT2D eigenvalue weighted by Crippen LogP contribution is -2.52. The Morgan fingerprint density at radius 3 is 2.52 bits per heavy atom. The van der Waals surface area contributed by atoms with E-state index in [0.717, 1.165) is 51.8 Å². The van der Waals surface area contributed by atoms with Gasteiger partial charge in [0.25, 0.3) is 0 Å². The van der Waals surface area contributed by atoms with Gasteiger partial charge < -0.3 is 24.9 Å². The Hall–Kier alpha value is -1.31.